The van der Waals surface area contributed by atoms with Gasteiger partial charge < -0.3 is 10.1 Å². The summed E-state index contributed by atoms with van der Waals surface area (Å²) in [6.07, 6.45) is 1.26. The summed E-state index contributed by atoms with van der Waals surface area (Å²) >= 11 is 0. The lowest BCUT2D eigenvalue weighted by Crippen LogP contribution is -2.24. The normalized spacial score (nSPS) is 10.5. The first-order chi connectivity index (χ1) is 12.0. The van der Waals surface area contributed by atoms with E-state index in [0.29, 0.717) is 11.3 Å². The van der Waals surface area contributed by atoms with Crippen molar-refractivity contribution in [3.05, 3.63) is 64.0 Å². The van der Waals surface area contributed by atoms with E-state index >= 15 is 0 Å². The molecule has 2 aromatic carbocycles. The Labute approximate surface area is 142 Å². The SMILES string of the molecule is CNc1ccc(C=NNC(=O)COc2ccccc2F)cc1[N+](=O)[O-]. The lowest BCUT2D eigenvalue weighted by Gasteiger charge is -2.05. The van der Waals surface area contributed by atoms with Crippen molar-refractivity contribution in [3.63, 3.8) is 0 Å². The van der Waals surface area contributed by atoms with Gasteiger partial charge in [-0.15, -0.1) is 0 Å². The van der Waals surface area contributed by atoms with Crippen molar-refractivity contribution in [2.24, 2.45) is 5.10 Å². The molecule has 0 fully saturated rings. The molecule has 0 aliphatic rings. The fourth-order valence-electron chi connectivity index (χ4n) is 1.91. The Bertz CT molecular complexity index is 810. The van der Waals surface area contributed by atoms with E-state index in [4.69, 9.17) is 4.74 Å². The van der Waals surface area contributed by atoms with Gasteiger partial charge in [0.2, 0.25) is 0 Å². The van der Waals surface area contributed by atoms with Crippen LogP contribution in [0.2, 0.25) is 0 Å². The van der Waals surface area contributed by atoms with E-state index in [9.17, 15) is 19.3 Å². The number of ether oxygens (including phenoxy) is 1. The molecule has 25 heavy (non-hydrogen) atoms. The van der Waals surface area contributed by atoms with Gasteiger partial charge in [0.15, 0.2) is 18.2 Å². The molecule has 0 atom stereocenters. The summed E-state index contributed by atoms with van der Waals surface area (Å²) < 4.78 is 18.4. The molecule has 0 radical (unpaired) electrons. The monoisotopic (exact) mass is 346 g/mol. The third-order valence-corrected chi connectivity index (χ3v) is 3.09. The summed E-state index contributed by atoms with van der Waals surface area (Å²) in [5.41, 5.74) is 2.88. The Balaban J connectivity index is 1.92. The van der Waals surface area contributed by atoms with E-state index in [1.165, 1.54) is 36.5 Å². The van der Waals surface area contributed by atoms with Crippen molar-refractivity contribution in [3.8, 4) is 5.75 Å². The first kappa shape index (κ1) is 17.9. The fourth-order valence-corrected chi connectivity index (χ4v) is 1.91. The molecule has 0 heterocycles. The molecule has 0 saturated heterocycles. The molecule has 0 aromatic heterocycles. The zero-order valence-corrected chi connectivity index (χ0v) is 13.2. The fraction of sp³-hybridized carbons (Fsp3) is 0.125. The number of hydrazone groups is 1. The van der Waals surface area contributed by atoms with Crippen LogP contribution in [0.5, 0.6) is 5.75 Å². The third kappa shape index (κ3) is 4.99. The maximum absolute atomic E-state index is 13.3. The topological polar surface area (TPSA) is 106 Å². The number of nitro benzene ring substituents is 1. The Morgan fingerprint density at radius 1 is 1.36 bits per heavy atom. The Morgan fingerprint density at radius 3 is 2.80 bits per heavy atom. The second-order valence-electron chi connectivity index (χ2n) is 4.80. The van der Waals surface area contributed by atoms with Crippen molar-refractivity contribution >= 4 is 23.5 Å². The van der Waals surface area contributed by atoms with Crippen LogP contribution in [-0.4, -0.2) is 30.7 Å². The zero-order chi connectivity index (χ0) is 18.2. The number of nitrogens with zero attached hydrogens (tertiary/aromatic N) is 2. The first-order valence-electron chi connectivity index (χ1n) is 7.16. The number of rotatable bonds is 7. The van der Waals surface area contributed by atoms with Crippen molar-refractivity contribution < 1.29 is 18.8 Å². The number of nitrogens with one attached hydrogen (secondary N) is 2. The lowest BCUT2D eigenvalue weighted by atomic mass is 10.2. The summed E-state index contributed by atoms with van der Waals surface area (Å²) in [5.74, 6) is -1.21. The number of carbonyl (C=O) groups is 1. The zero-order valence-electron chi connectivity index (χ0n) is 13.2. The number of halogens is 1. The highest BCUT2D eigenvalue weighted by molar-refractivity contribution is 5.85. The highest BCUT2D eigenvalue weighted by atomic mass is 19.1. The maximum Gasteiger partial charge on any atom is 0.292 e. The van der Waals surface area contributed by atoms with E-state index in [0.717, 1.165) is 0 Å². The van der Waals surface area contributed by atoms with Crippen LogP contribution in [0, 0.1) is 15.9 Å². The predicted molar refractivity (Wildman–Crippen MR) is 90.3 cm³/mol. The predicted octanol–water partition coefficient (Wildman–Crippen LogP) is 2.30. The highest BCUT2D eigenvalue weighted by Gasteiger charge is 2.12. The van der Waals surface area contributed by atoms with Gasteiger partial charge in [0, 0.05) is 18.7 Å². The van der Waals surface area contributed by atoms with Crippen molar-refractivity contribution in [1.82, 2.24) is 5.43 Å². The Morgan fingerprint density at radius 2 is 2.12 bits per heavy atom. The van der Waals surface area contributed by atoms with E-state index in [2.05, 4.69) is 15.8 Å². The standard InChI is InChI=1S/C16H15FN4O4/c1-18-13-7-6-11(8-14(13)21(23)24)9-19-20-16(22)10-25-15-5-3-2-4-12(15)17/h2-9,18H,10H2,1H3,(H,20,22). The number of anilines is 1. The molecule has 0 unspecified atom stereocenters. The van der Waals surface area contributed by atoms with Gasteiger partial charge in [-0.2, -0.15) is 5.10 Å². The summed E-state index contributed by atoms with van der Waals surface area (Å²) in [6, 6.07) is 10.1. The molecule has 2 rings (SSSR count). The average Bonchev–Trinajstić information content (AvgIpc) is 2.61. The molecule has 130 valence electrons. The largest absolute Gasteiger partial charge is 0.481 e. The van der Waals surface area contributed by atoms with Crippen LogP contribution in [0.3, 0.4) is 0 Å². The maximum atomic E-state index is 13.3. The first-order valence-corrected chi connectivity index (χ1v) is 7.16. The molecule has 0 bridgehead atoms. The summed E-state index contributed by atoms with van der Waals surface area (Å²) in [4.78, 5) is 22.0. The van der Waals surface area contributed by atoms with Gasteiger partial charge in [0.25, 0.3) is 11.6 Å². The highest BCUT2D eigenvalue weighted by Crippen LogP contribution is 2.24. The average molecular weight is 346 g/mol. The van der Waals surface area contributed by atoms with E-state index in [1.54, 1.807) is 19.2 Å². The number of amides is 1. The minimum atomic E-state index is -0.596. The third-order valence-electron chi connectivity index (χ3n) is 3.09. The van der Waals surface area contributed by atoms with E-state index in [1.807, 2.05) is 0 Å². The Hall–Kier alpha value is -3.49. The summed E-state index contributed by atoms with van der Waals surface area (Å²) in [6.45, 7) is -0.420. The summed E-state index contributed by atoms with van der Waals surface area (Å²) in [5, 5.41) is 17.4. The van der Waals surface area contributed by atoms with Crippen molar-refractivity contribution in [2.75, 3.05) is 19.0 Å². The van der Waals surface area contributed by atoms with Gasteiger partial charge in [-0.1, -0.05) is 18.2 Å². The molecular formula is C16H15FN4O4. The quantitative estimate of drug-likeness (QED) is 0.455. The number of hydrogen-bond acceptors (Lipinski definition) is 6. The molecule has 0 aliphatic heterocycles. The van der Waals surface area contributed by atoms with Crippen LogP contribution in [-0.2, 0) is 4.79 Å². The van der Waals surface area contributed by atoms with E-state index in [-0.39, 0.29) is 11.4 Å². The van der Waals surface area contributed by atoms with Gasteiger partial charge in [-0.3, -0.25) is 14.9 Å². The van der Waals surface area contributed by atoms with Gasteiger partial charge in [0.1, 0.15) is 5.69 Å². The molecule has 9 heteroatoms. The van der Waals surface area contributed by atoms with Gasteiger partial charge in [0.05, 0.1) is 11.1 Å². The van der Waals surface area contributed by atoms with Crippen LogP contribution < -0.4 is 15.5 Å². The van der Waals surface area contributed by atoms with Gasteiger partial charge >= 0.3 is 0 Å². The van der Waals surface area contributed by atoms with Gasteiger partial charge in [-0.25, -0.2) is 9.82 Å². The minimum Gasteiger partial charge on any atom is -0.481 e. The number of para-hydroxylation sites is 1. The number of nitro groups is 1. The van der Waals surface area contributed by atoms with Crippen molar-refractivity contribution in [1.29, 1.82) is 0 Å². The second kappa shape index (κ2) is 8.39. The Kier molecular flexibility index (Phi) is 5.99. The molecule has 0 spiro atoms. The molecule has 0 aliphatic carbocycles. The molecule has 2 N–H and O–H groups in total. The number of carbonyl (C=O) groups excluding carboxylic acids is 1. The van der Waals surface area contributed by atoms with Crippen molar-refractivity contribution in [2.45, 2.75) is 0 Å². The van der Waals surface area contributed by atoms with E-state index < -0.39 is 23.3 Å². The van der Waals surface area contributed by atoms with Gasteiger partial charge in [-0.05, 0) is 18.2 Å². The lowest BCUT2D eigenvalue weighted by molar-refractivity contribution is -0.383. The van der Waals surface area contributed by atoms with Crippen LogP contribution in [0.15, 0.2) is 47.6 Å². The van der Waals surface area contributed by atoms with Crippen LogP contribution >= 0.6 is 0 Å². The minimum absolute atomic E-state index is 0.0418. The van der Waals surface area contributed by atoms with Crippen LogP contribution in [0.25, 0.3) is 0 Å². The molecule has 0 saturated carbocycles. The smallest absolute Gasteiger partial charge is 0.292 e. The summed E-state index contributed by atoms with van der Waals surface area (Å²) in [7, 11) is 1.58. The molecule has 2 aromatic rings. The number of hydrogen-bond donors (Lipinski definition) is 2. The molecule has 8 nitrogen and oxygen atoms in total. The number of benzene rings is 2. The second-order valence-corrected chi connectivity index (χ2v) is 4.80. The van der Waals surface area contributed by atoms with Crippen LogP contribution in [0.1, 0.15) is 5.56 Å². The molecular weight excluding hydrogens is 331 g/mol. The molecule has 1 amide bonds. The van der Waals surface area contributed by atoms with Crippen LogP contribution in [0.4, 0.5) is 15.8 Å².